The van der Waals surface area contributed by atoms with Crippen molar-refractivity contribution in [3.05, 3.63) is 101 Å². The minimum atomic E-state index is -1.26. The summed E-state index contributed by atoms with van der Waals surface area (Å²) in [5.41, 5.74) is 5.13. The van der Waals surface area contributed by atoms with E-state index in [0.29, 0.717) is 18.8 Å². The van der Waals surface area contributed by atoms with E-state index in [0.717, 1.165) is 43.5 Å². The van der Waals surface area contributed by atoms with Gasteiger partial charge in [-0.15, -0.1) is 0 Å². The van der Waals surface area contributed by atoms with Crippen LogP contribution >= 0.6 is 0 Å². The molecule has 2 aliphatic heterocycles. The van der Waals surface area contributed by atoms with Crippen LogP contribution < -0.4 is 5.69 Å². The van der Waals surface area contributed by atoms with E-state index in [1.165, 1.54) is 16.9 Å². The van der Waals surface area contributed by atoms with Gasteiger partial charge in [0.15, 0.2) is 0 Å². The van der Waals surface area contributed by atoms with Crippen LogP contribution in [0.4, 0.5) is 0 Å². The number of nitrogens with one attached hydrogen (secondary N) is 1. The van der Waals surface area contributed by atoms with Crippen molar-refractivity contribution in [3.63, 3.8) is 0 Å². The first-order valence-electron chi connectivity index (χ1n) is 13.2. The molecule has 0 aliphatic carbocycles. The van der Waals surface area contributed by atoms with Crippen molar-refractivity contribution in [2.75, 3.05) is 19.6 Å². The van der Waals surface area contributed by atoms with E-state index in [1.807, 2.05) is 28.8 Å². The predicted molar refractivity (Wildman–Crippen MR) is 150 cm³/mol. The summed E-state index contributed by atoms with van der Waals surface area (Å²) in [6.07, 6.45) is 5.17. The molecule has 6 rings (SSSR count). The largest absolute Gasteiger partial charge is 0.478 e. The Balaban J connectivity index is 0.000000355. The molecule has 40 heavy (non-hydrogen) atoms. The molecule has 0 bridgehead atoms. The fourth-order valence-electron chi connectivity index (χ4n) is 5.67. The lowest BCUT2D eigenvalue weighted by Crippen LogP contribution is -2.45. The minimum Gasteiger partial charge on any atom is -0.478 e. The molecule has 4 aromatic rings. The van der Waals surface area contributed by atoms with Gasteiger partial charge in [-0.25, -0.2) is 14.4 Å². The fourth-order valence-corrected chi connectivity index (χ4v) is 5.67. The topological polar surface area (TPSA) is 130 Å². The summed E-state index contributed by atoms with van der Waals surface area (Å²) in [6.45, 7) is 5.55. The summed E-state index contributed by atoms with van der Waals surface area (Å²) in [5.74, 6) is -2.51. The molecule has 0 radical (unpaired) electrons. The number of fused-ring (bicyclic) bond motifs is 4. The number of carbonyl (C=O) groups is 2. The number of imidazole rings is 1. The Bertz CT molecular complexity index is 1590. The van der Waals surface area contributed by atoms with Crippen LogP contribution in [0.15, 0.2) is 83.8 Å². The van der Waals surface area contributed by atoms with E-state index in [2.05, 4.69) is 64.0 Å². The quantitative estimate of drug-likeness (QED) is 0.325. The van der Waals surface area contributed by atoms with Gasteiger partial charge in [-0.3, -0.25) is 9.47 Å². The number of carboxylic acids is 2. The van der Waals surface area contributed by atoms with Crippen LogP contribution in [0.1, 0.15) is 37.1 Å². The van der Waals surface area contributed by atoms with Gasteiger partial charge in [0.05, 0.1) is 29.0 Å². The van der Waals surface area contributed by atoms with Gasteiger partial charge in [-0.1, -0.05) is 30.3 Å². The minimum absolute atomic E-state index is 0.000643. The van der Waals surface area contributed by atoms with Gasteiger partial charge in [-0.05, 0) is 50.1 Å². The maximum atomic E-state index is 12.6. The zero-order chi connectivity index (χ0) is 28.3. The monoisotopic (exact) mass is 544 g/mol. The van der Waals surface area contributed by atoms with E-state index < -0.39 is 17.5 Å². The number of aromatic nitrogens is 3. The second-order valence-electron chi connectivity index (χ2n) is 10.2. The SMILES string of the molecule is C[C@@]1(CN2CCC(n3c(=O)[nH]c4ccccc43)CC2)OCc2ccccc2-n2cccc21.O=C(O)/C=C/C(=O)O. The van der Waals surface area contributed by atoms with Crippen LogP contribution in [-0.4, -0.2) is 60.8 Å². The van der Waals surface area contributed by atoms with Gasteiger partial charge < -0.3 is 24.5 Å². The Morgan fingerprint density at radius 1 is 1.00 bits per heavy atom. The number of para-hydroxylation sites is 3. The Kier molecular flexibility index (Phi) is 7.72. The molecular formula is C30H32N4O6. The predicted octanol–water partition coefficient (Wildman–Crippen LogP) is 3.91. The summed E-state index contributed by atoms with van der Waals surface area (Å²) in [6, 6.07) is 21.0. The summed E-state index contributed by atoms with van der Waals surface area (Å²) in [4.78, 5) is 37.2. The maximum Gasteiger partial charge on any atom is 0.328 e. The van der Waals surface area contributed by atoms with Gasteiger partial charge in [-0.2, -0.15) is 0 Å². The van der Waals surface area contributed by atoms with E-state index in [-0.39, 0.29) is 11.7 Å². The van der Waals surface area contributed by atoms with E-state index >= 15 is 0 Å². The molecule has 0 amide bonds. The number of carboxylic acid groups (broad SMARTS) is 2. The van der Waals surface area contributed by atoms with Crippen molar-refractivity contribution in [2.45, 2.75) is 38.0 Å². The molecule has 2 aromatic carbocycles. The average molecular weight is 545 g/mol. The lowest BCUT2D eigenvalue weighted by molar-refractivity contribution is -0.134. The van der Waals surface area contributed by atoms with Crippen LogP contribution in [0.25, 0.3) is 16.7 Å². The Morgan fingerprint density at radius 2 is 1.68 bits per heavy atom. The van der Waals surface area contributed by atoms with Crippen molar-refractivity contribution < 1.29 is 24.5 Å². The summed E-state index contributed by atoms with van der Waals surface area (Å²) >= 11 is 0. The van der Waals surface area contributed by atoms with Crippen LogP contribution in [0.3, 0.4) is 0 Å². The first-order chi connectivity index (χ1) is 19.2. The highest BCUT2D eigenvalue weighted by Gasteiger charge is 2.37. The number of rotatable bonds is 5. The van der Waals surface area contributed by atoms with Crippen LogP contribution in [0, 0.1) is 0 Å². The van der Waals surface area contributed by atoms with E-state index in [1.54, 1.807) is 0 Å². The zero-order valence-corrected chi connectivity index (χ0v) is 22.2. The molecule has 1 atom stereocenters. The van der Waals surface area contributed by atoms with Crippen molar-refractivity contribution in [3.8, 4) is 5.69 Å². The Labute approximate surface area is 230 Å². The molecule has 1 saturated heterocycles. The highest BCUT2D eigenvalue weighted by atomic mass is 16.5. The van der Waals surface area contributed by atoms with Crippen molar-refractivity contribution in [1.29, 1.82) is 0 Å². The number of likely N-dealkylation sites (tertiary alicyclic amines) is 1. The molecule has 1 fully saturated rings. The Morgan fingerprint density at radius 3 is 2.40 bits per heavy atom. The van der Waals surface area contributed by atoms with Crippen molar-refractivity contribution >= 4 is 23.0 Å². The molecule has 208 valence electrons. The van der Waals surface area contributed by atoms with Crippen molar-refractivity contribution in [2.24, 2.45) is 0 Å². The molecular weight excluding hydrogens is 512 g/mol. The lowest BCUT2D eigenvalue weighted by Gasteiger charge is -2.39. The summed E-state index contributed by atoms with van der Waals surface area (Å²) < 4.78 is 10.8. The molecule has 10 heteroatoms. The van der Waals surface area contributed by atoms with E-state index in [4.69, 9.17) is 14.9 Å². The normalized spacial score (nSPS) is 19.4. The smallest absolute Gasteiger partial charge is 0.328 e. The second kappa shape index (κ2) is 11.4. The average Bonchev–Trinajstić information content (AvgIpc) is 3.54. The van der Waals surface area contributed by atoms with Gasteiger partial charge in [0, 0.05) is 49.6 Å². The number of ether oxygens (including phenoxy) is 1. The fraction of sp³-hybridized carbons (Fsp3) is 0.300. The lowest BCUT2D eigenvalue weighted by atomic mass is 9.98. The van der Waals surface area contributed by atoms with Gasteiger partial charge in [0.2, 0.25) is 0 Å². The molecule has 0 spiro atoms. The standard InChI is InChI=1S/C26H28N4O2.C4H4O4/c1-26(24-11-6-14-29(24)22-9-4-2-7-19(22)17-32-26)18-28-15-12-20(13-16-28)30-23-10-5-3-8-21(23)27-25(30)31;5-3(6)1-2-4(7)8/h2-11,14,20H,12-13,15-18H2,1H3,(H,27,31);1-2H,(H,5,6)(H,7,8)/b;2-1+/t26-;/m0./s1. The zero-order valence-electron chi connectivity index (χ0n) is 22.2. The first kappa shape index (κ1) is 27.2. The molecule has 10 nitrogen and oxygen atoms in total. The molecule has 0 saturated carbocycles. The van der Waals surface area contributed by atoms with Gasteiger partial charge in [0.1, 0.15) is 5.60 Å². The number of benzene rings is 2. The molecule has 2 aromatic heterocycles. The third-order valence-electron chi connectivity index (χ3n) is 7.53. The van der Waals surface area contributed by atoms with Crippen LogP contribution in [0.5, 0.6) is 0 Å². The summed E-state index contributed by atoms with van der Waals surface area (Å²) in [7, 11) is 0. The van der Waals surface area contributed by atoms with Crippen LogP contribution in [-0.2, 0) is 26.5 Å². The molecule has 4 heterocycles. The van der Waals surface area contributed by atoms with Gasteiger partial charge in [0.25, 0.3) is 0 Å². The highest BCUT2D eigenvalue weighted by molar-refractivity contribution is 5.89. The van der Waals surface area contributed by atoms with Crippen LogP contribution in [0.2, 0.25) is 0 Å². The number of piperidine rings is 1. The number of H-pyrrole nitrogens is 1. The molecule has 0 unspecified atom stereocenters. The number of aliphatic carboxylic acids is 2. The summed E-state index contributed by atoms with van der Waals surface area (Å²) in [5, 5.41) is 15.6. The molecule has 3 N–H and O–H groups in total. The number of aromatic amines is 1. The third kappa shape index (κ3) is 5.63. The van der Waals surface area contributed by atoms with E-state index in [9.17, 15) is 14.4 Å². The molecule has 2 aliphatic rings. The van der Waals surface area contributed by atoms with Crippen molar-refractivity contribution in [1.82, 2.24) is 19.0 Å². The number of nitrogens with zero attached hydrogens (tertiary/aromatic N) is 3. The third-order valence-corrected chi connectivity index (χ3v) is 7.53. The number of hydrogen-bond donors (Lipinski definition) is 3. The maximum absolute atomic E-state index is 12.6. The first-order valence-corrected chi connectivity index (χ1v) is 13.2. The van der Waals surface area contributed by atoms with Gasteiger partial charge >= 0.3 is 17.6 Å². The Hall–Kier alpha value is -4.41. The second-order valence-corrected chi connectivity index (χ2v) is 10.2. The highest BCUT2D eigenvalue weighted by Crippen LogP contribution is 2.36. The number of hydrogen-bond acceptors (Lipinski definition) is 5.